The molecule has 0 aliphatic rings. The first-order valence-electron chi connectivity index (χ1n) is 6.81. The second kappa shape index (κ2) is 6.21. The van der Waals surface area contributed by atoms with Crippen LogP contribution in [0.4, 0.5) is 0 Å². The highest BCUT2D eigenvalue weighted by molar-refractivity contribution is 5.91. The summed E-state index contributed by atoms with van der Waals surface area (Å²) < 4.78 is 10.4. The minimum atomic E-state index is -0.238. The maximum atomic E-state index is 11.7. The number of nitrogens with zero attached hydrogens (tertiary/aromatic N) is 3. The lowest BCUT2D eigenvalue weighted by atomic mass is 10.3. The molecule has 7 heteroatoms. The summed E-state index contributed by atoms with van der Waals surface area (Å²) in [6.45, 7) is 2.16. The molecule has 1 N–H and O–H groups in total. The van der Waals surface area contributed by atoms with Crippen LogP contribution in [-0.2, 0) is 11.2 Å². The number of nitrogens with one attached hydrogen (secondary N) is 1. The first-order chi connectivity index (χ1) is 10.7. The first-order valence-corrected chi connectivity index (χ1v) is 6.81. The van der Waals surface area contributed by atoms with Crippen LogP contribution in [0.5, 0.6) is 0 Å². The van der Waals surface area contributed by atoms with Gasteiger partial charge in [0.05, 0.1) is 0 Å². The molecule has 2 aromatic heterocycles. The molecule has 0 saturated heterocycles. The molecule has 22 heavy (non-hydrogen) atoms. The van der Waals surface area contributed by atoms with Crippen LogP contribution in [-0.4, -0.2) is 27.6 Å². The number of aromatic nitrogens is 3. The molecule has 3 aromatic rings. The predicted octanol–water partition coefficient (Wildman–Crippen LogP) is 1.89. The van der Waals surface area contributed by atoms with Crippen LogP contribution in [0.2, 0.25) is 0 Å². The molecule has 1 aromatic carbocycles. The average Bonchev–Trinajstić information content (AvgIpc) is 3.11. The van der Waals surface area contributed by atoms with Gasteiger partial charge in [-0.1, -0.05) is 17.3 Å². The predicted molar refractivity (Wildman–Crippen MR) is 78.8 cm³/mol. The third-order valence-corrected chi connectivity index (χ3v) is 2.90. The number of benzene rings is 1. The van der Waals surface area contributed by atoms with E-state index in [0.717, 1.165) is 5.52 Å². The van der Waals surface area contributed by atoms with Gasteiger partial charge in [0, 0.05) is 25.1 Å². The third kappa shape index (κ3) is 3.38. The van der Waals surface area contributed by atoms with Crippen molar-refractivity contribution in [2.45, 2.75) is 13.3 Å². The van der Waals surface area contributed by atoms with Crippen molar-refractivity contribution in [2.75, 3.05) is 6.54 Å². The molecule has 0 aliphatic carbocycles. The van der Waals surface area contributed by atoms with E-state index < -0.39 is 0 Å². The van der Waals surface area contributed by atoms with Crippen molar-refractivity contribution in [3.05, 3.63) is 47.9 Å². The topological polar surface area (TPSA) is 94.1 Å². The zero-order valence-corrected chi connectivity index (χ0v) is 11.9. The molecule has 7 nitrogen and oxygen atoms in total. The van der Waals surface area contributed by atoms with Gasteiger partial charge in [-0.05, 0) is 19.1 Å². The van der Waals surface area contributed by atoms with Gasteiger partial charge < -0.3 is 14.3 Å². The second-order valence-corrected chi connectivity index (χ2v) is 4.63. The number of amides is 1. The highest BCUT2D eigenvalue weighted by Gasteiger charge is 2.04. The summed E-state index contributed by atoms with van der Waals surface area (Å²) >= 11 is 0. The van der Waals surface area contributed by atoms with E-state index in [1.807, 2.05) is 24.3 Å². The van der Waals surface area contributed by atoms with E-state index in [0.29, 0.717) is 36.2 Å². The fourth-order valence-corrected chi connectivity index (χ4v) is 1.90. The zero-order valence-electron chi connectivity index (χ0n) is 11.9. The molecule has 0 atom stereocenters. The van der Waals surface area contributed by atoms with Crippen molar-refractivity contribution >= 4 is 23.1 Å². The molecule has 112 valence electrons. The van der Waals surface area contributed by atoms with Crippen LogP contribution in [0.15, 0.2) is 39.3 Å². The van der Waals surface area contributed by atoms with Crippen LogP contribution in [0.3, 0.4) is 0 Å². The summed E-state index contributed by atoms with van der Waals surface area (Å²) in [6, 6.07) is 7.42. The number of rotatable bonds is 5. The Morgan fingerprint density at radius 3 is 2.95 bits per heavy atom. The maximum Gasteiger partial charge on any atom is 0.244 e. The average molecular weight is 298 g/mol. The van der Waals surface area contributed by atoms with Gasteiger partial charge in [-0.2, -0.15) is 4.98 Å². The maximum absolute atomic E-state index is 11.7. The Labute approximate surface area is 126 Å². The Hall–Kier alpha value is -2.96. The van der Waals surface area contributed by atoms with Crippen LogP contribution in [0, 0.1) is 6.92 Å². The molecular weight excluding hydrogens is 284 g/mol. The second-order valence-electron chi connectivity index (χ2n) is 4.63. The molecule has 0 aliphatic heterocycles. The number of fused-ring (bicyclic) bond motifs is 1. The van der Waals surface area contributed by atoms with Crippen molar-refractivity contribution in [1.82, 2.24) is 20.4 Å². The van der Waals surface area contributed by atoms with Gasteiger partial charge in [0.1, 0.15) is 5.52 Å². The number of hydrogen-bond acceptors (Lipinski definition) is 6. The molecule has 0 bridgehead atoms. The summed E-state index contributed by atoms with van der Waals surface area (Å²) in [7, 11) is 0. The van der Waals surface area contributed by atoms with E-state index in [1.54, 1.807) is 6.92 Å². The summed E-state index contributed by atoms with van der Waals surface area (Å²) in [6.07, 6.45) is 3.40. The number of oxazole rings is 1. The van der Waals surface area contributed by atoms with Crippen molar-refractivity contribution in [3.63, 3.8) is 0 Å². The molecule has 0 fully saturated rings. The highest BCUT2D eigenvalue weighted by atomic mass is 16.5. The smallest absolute Gasteiger partial charge is 0.244 e. The van der Waals surface area contributed by atoms with E-state index in [2.05, 4.69) is 20.4 Å². The van der Waals surface area contributed by atoms with Crippen molar-refractivity contribution in [2.24, 2.45) is 0 Å². The summed E-state index contributed by atoms with van der Waals surface area (Å²) in [5.41, 5.74) is 1.45. The van der Waals surface area contributed by atoms with Crippen LogP contribution in [0.25, 0.3) is 17.2 Å². The van der Waals surface area contributed by atoms with Crippen LogP contribution >= 0.6 is 0 Å². The van der Waals surface area contributed by atoms with Crippen LogP contribution in [0.1, 0.15) is 17.6 Å². The Balaban J connectivity index is 1.52. The van der Waals surface area contributed by atoms with Crippen molar-refractivity contribution < 1.29 is 13.7 Å². The zero-order chi connectivity index (χ0) is 15.4. The Morgan fingerprint density at radius 2 is 2.18 bits per heavy atom. The van der Waals surface area contributed by atoms with Gasteiger partial charge in [0.25, 0.3) is 0 Å². The number of aryl methyl sites for hydroxylation is 1. The standard InChI is InChI=1S/C15H14N4O3/c1-10-17-15(22-19-10)8-9-16-13(20)6-7-14-18-11-4-2-3-5-12(11)21-14/h2-7H,8-9H2,1H3,(H,16,20). The van der Waals surface area contributed by atoms with E-state index in [-0.39, 0.29) is 5.91 Å². The molecule has 0 saturated carbocycles. The normalized spacial score (nSPS) is 11.3. The summed E-state index contributed by atoms with van der Waals surface area (Å²) in [5, 5.41) is 6.40. The molecule has 0 radical (unpaired) electrons. The van der Waals surface area contributed by atoms with Gasteiger partial charge in [0.15, 0.2) is 11.4 Å². The molecule has 2 heterocycles. The fraction of sp³-hybridized carbons (Fsp3) is 0.200. The highest BCUT2D eigenvalue weighted by Crippen LogP contribution is 2.15. The van der Waals surface area contributed by atoms with E-state index >= 15 is 0 Å². The SMILES string of the molecule is Cc1noc(CCNC(=O)C=Cc2nc3ccccc3o2)n1. The van der Waals surface area contributed by atoms with E-state index in [1.165, 1.54) is 12.2 Å². The first kappa shape index (κ1) is 14.0. The molecule has 0 spiro atoms. The van der Waals surface area contributed by atoms with Gasteiger partial charge >= 0.3 is 0 Å². The Morgan fingerprint density at radius 1 is 1.32 bits per heavy atom. The van der Waals surface area contributed by atoms with Gasteiger partial charge in [-0.3, -0.25) is 4.79 Å². The quantitative estimate of drug-likeness (QED) is 0.723. The number of hydrogen-bond donors (Lipinski definition) is 1. The third-order valence-electron chi connectivity index (χ3n) is 2.90. The molecule has 1 amide bonds. The van der Waals surface area contributed by atoms with E-state index in [4.69, 9.17) is 8.94 Å². The van der Waals surface area contributed by atoms with E-state index in [9.17, 15) is 4.79 Å². The molecular formula is C15H14N4O3. The lowest BCUT2D eigenvalue weighted by Gasteiger charge is -1.97. The number of carbonyl (C=O) groups excluding carboxylic acids is 1. The minimum absolute atomic E-state index is 0.238. The van der Waals surface area contributed by atoms with Crippen LogP contribution < -0.4 is 5.32 Å². The molecule has 3 rings (SSSR count). The van der Waals surface area contributed by atoms with Gasteiger partial charge in [-0.15, -0.1) is 0 Å². The van der Waals surface area contributed by atoms with Gasteiger partial charge in [0.2, 0.25) is 17.7 Å². The Bertz CT molecular complexity index is 786. The van der Waals surface area contributed by atoms with Gasteiger partial charge in [-0.25, -0.2) is 4.98 Å². The summed E-state index contributed by atoms with van der Waals surface area (Å²) in [4.78, 5) is 20.0. The minimum Gasteiger partial charge on any atom is -0.437 e. The monoisotopic (exact) mass is 298 g/mol. The lowest BCUT2D eigenvalue weighted by Crippen LogP contribution is -2.23. The molecule has 0 unspecified atom stereocenters. The largest absolute Gasteiger partial charge is 0.437 e. The fourth-order valence-electron chi connectivity index (χ4n) is 1.90. The Kier molecular flexibility index (Phi) is 3.95. The number of para-hydroxylation sites is 2. The van der Waals surface area contributed by atoms with Crippen molar-refractivity contribution in [3.8, 4) is 0 Å². The summed E-state index contributed by atoms with van der Waals surface area (Å²) in [5.74, 6) is 1.24. The lowest BCUT2D eigenvalue weighted by molar-refractivity contribution is -0.116. The number of carbonyl (C=O) groups is 1. The van der Waals surface area contributed by atoms with Crippen molar-refractivity contribution in [1.29, 1.82) is 0 Å².